The SMILES string of the molecule is CCCc1cc(C(=O)N[C@@H](CC(=O)O)Cc2ccccc2C(F)(F)F)nn1Cc1ccc(-c2ccccc2-c2nn[nH]n2)cc1F. The zero-order valence-corrected chi connectivity index (χ0v) is 24.6. The summed E-state index contributed by atoms with van der Waals surface area (Å²) in [7, 11) is 0. The molecule has 3 N–H and O–H groups in total. The molecule has 0 fully saturated rings. The predicted octanol–water partition coefficient (Wildman–Crippen LogP) is 5.70. The Morgan fingerprint density at radius 3 is 2.41 bits per heavy atom. The maximum absolute atomic E-state index is 15.5. The molecule has 46 heavy (non-hydrogen) atoms. The Balaban J connectivity index is 1.37. The van der Waals surface area contributed by atoms with E-state index in [9.17, 15) is 27.9 Å². The normalized spacial score (nSPS) is 12.2. The monoisotopic (exact) mass is 635 g/mol. The molecule has 10 nitrogen and oxygen atoms in total. The van der Waals surface area contributed by atoms with Crippen LogP contribution in [0.5, 0.6) is 0 Å². The maximum Gasteiger partial charge on any atom is 0.416 e. The van der Waals surface area contributed by atoms with Gasteiger partial charge in [0, 0.05) is 22.9 Å². The first-order valence-corrected chi connectivity index (χ1v) is 14.4. The second-order valence-corrected chi connectivity index (χ2v) is 10.6. The number of carboxylic acid groups (broad SMARTS) is 1. The van der Waals surface area contributed by atoms with Gasteiger partial charge in [0.1, 0.15) is 11.5 Å². The summed E-state index contributed by atoms with van der Waals surface area (Å²) < 4.78 is 57.6. The Labute approximate surface area is 260 Å². The van der Waals surface area contributed by atoms with Gasteiger partial charge in [0.2, 0.25) is 5.82 Å². The molecule has 3 aromatic carbocycles. The van der Waals surface area contributed by atoms with Gasteiger partial charge < -0.3 is 10.4 Å². The fraction of sp³-hybridized carbons (Fsp3) is 0.250. The van der Waals surface area contributed by atoms with Crippen molar-refractivity contribution in [3.63, 3.8) is 0 Å². The molecular formula is C32H29F4N7O3. The van der Waals surface area contributed by atoms with Gasteiger partial charge >= 0.3 is 12.1 Å². The zero-order chi connectivity index (χ0) is 32.8. The summed E-state index contributed by atoms with van der Waals surface area (Å²) in [5.74, 6) is -2.18. The van der Waals surface area contributed by atoms with Crippen LogP contribution in [0.3, 0.4) is 0 Å². The number of aryl methyl sites for hydroxylation is 1. The smallest absolute Gasteiger partial charge is 0.416 e. The number of amides is 1. The van der Waals surface area contributed by atoms with Crippen LogP contribution in [-0.2, 0) is 30.4 Å². The van der Waals surface area contributed by atoms with Gasteiger partial charge in [-0.15, -0.1) is 10.2 Å². The second-order valence-electron chi connectivity index (χ2n) is 10.6. The molecule has 5 rings (SSSR count). The van der Waals surface area contributed by atoms with Gasteiger partial charge in [-0.1, -0.05) is 67.9 Å². The van der Waals surface area contributed by atoms with Gasteiger partial charge in [-0.05, 0) is 52.9 Å². The number of H-pyrrole nitrogens is 1. The van der Waals surface area contributed by atoms with Crippen molar-refractivity contribution >= 4 is 11.9 Å². The van der Waals surface area contributed by atoms with Crippen molar-refractivity contribution in [2.75, 3.05) is 0 Å². The molecule has 0 aliphatic rings. The lowest BCUT2D eigenvalue weighted by Gasteiger charge is -2.19. The predicted molar refractivity (Wildman–Crippen MR) is 159 cm³/mol. The van der Waals surface area contributed by atoms with Crippen LogP contribution in [0.1, 0.15) is 52.6 Å². The fourth-order valence-corrected chi connectivity index (χ4v) is 5.26. The van der Waals surface area contributed by atoms with Gasteiger partial charge in [-0.3, -0.25) is 14.3 Å². The van der Waals surface area contributed by atoms with E-state index >= 15 is 4.39 Å². The van der Waals surface area contributed by atoms with Crippen molar-refractivity contribution < 1.29 is 32.3 Å². The molecule has 1 atom stereocenters. The summed E-state index contributed by atoms with van der Waals surface area (Å²) in [6.45, 7) is 1.92. The summed E-state index contributed by atoms with van der Waals surface area (Å²) in [5, 5.41) is 30.3. The number of tetrazole rings is 1. The largest absolute Gasteiger partial charge is 0.481 e. The number of hydrogen-bond acceptors (Lipinski definition) is 6. The number of alkyl halides is 3. The van der Waals surface area contributed by atoms with Gasteiger partial charge in [-0.25, -0.2) is 4.39 Å². The minimum atomic E-state index is -4.65. The fourth-order valence-electron chi connectivity index (χ4n) is 5.26. The number of benzene rings is 3. The van der Waals surface area contributed by atoms with Gasteiger partial charge in [0.25, 0.3) is 5.91 Å². The standard InChI is InChI=1S/C32H29F4N7O3/c1-2-7-23-17-28(31(46)37-22(16-29(44)45)14-20-8-3-6-11-26(20)32(34,35)36)40-43(23)18-21-13-12-19(15-27(21)33)24-9-4-5-10-25(24)30-38-41-42-39-30/h3-6,8-13,15,17,22H,2,7,14,16,18H2,1H3,(H,37,46)(H,44,45)(H,38,39,41,42)/t22-/m1/s1. The lowest BCUT2D eigenvalue weighted by atomic mass is 9.98. The van der Waals surface area contributed by atoms with E-state index in [4.69, 9.17) is 0 Å². The number of aromatic nitrogens is 6. The summed E-state index contributed by atoms with van der Waals surface area (Å²) >= 11 is 0. The van der Waals surface area contributed by atoms with E-state index in [0.717, 1.165) is 6.07 Å². The maximum atomic E-state index is 15.5. The molecular weight excluding hydrogens is 606 g/mol. The van der Waals surface area contributed by atoms with E-state index in [2.05, 4.69) is 31.0 Å². The molecule has 0 bridgehead atoms. The average molecular weight is 636 g/mol. The molecule has 238 valence electrons. The summed E-state index contributed by atoms with van der Waals surface area (Å²) in [6, 6.07) is 17.2. The molecule has 0 unspecified atom stereocenters. The molecule has 0 spiro atoms. The number of rotatable bonds is 12. The molecule has 0 aliphatic carbocycles. The summed E-state index contributed by atoms with van der Waals surface area (Å²) in [6.07, 6.45) is -4.41. The first-order chi connectivity index (χ1) is 22.0. The molecule has 0 aliphatic heterocycles. The van der Waals surface area contributed by atoms with Crippen molar-refractivity contribution in [2.24, 2.45) is 0 Å². The van der Waals surface area contributed by atoms with Crippen LogP contribution in [0, 0.1) is 5.82 Å². The lowest BCUT2D eigenvalue weighted by molar-refractivity contribution is -0.138. The number of nitrogens with one attached hydrogen (secondary N) is 2. The Kier molecular flexibility index (Phi) is 9.54. The highest BCUT2D eigenvalue weighted by atomic mass is 19.4. The Morgan fingerprint density at radius 1 is 1.00 bits per heavy atom. The number of nitrogens with zero attached hydrogens (tertiary/aromatic N) is 5. The minimum absolute atomic E-state index is 0.00126. The molecule has 0 saturated carbocycles. The first kappa shape index (κ1) is 32.0. The highest BCUT2D eigenvalue weighted by Crippen LogP contribution is 2.33. The molecule has 0 radical (unpaired) electrons. The van der Waals surface area contributed by atoms with Crippen molar-refractivity contribution in [1.29, 1.82) is 0 Å². The topological polar surface area (TPSA) is 139 Å². The van der Waals surface area contributed by atoms with Crippen LogP contribution in [0.25, 0.3) is 22.5 Å². The summed E-state index contributed by atoms with van der Waals surface area (Å²) in [4.78, 5) is 24.8. The molecule has 14 heteroatoms. The number of aromatic amines is 1. The highest BCUT2D eigenvalue weighted by molar-refractivity contribution is 5.93. The molecule has 2 heterocycles. The number of carbonyl (C=O) groups is 2. The van der Waals surface area contributed by atoms with E-state index in [1.165, 1.54) is 35.0 Å². The van der Waals surface area contributed by atoms with E-state index in [1.54, 1.807) is 18.2 Å². The van der Waals surface area contributed by atoms with Crippen molar-refractivity contribution in [3.05, 3.63) is 107 Å². The van der Waals surface area contributed by atoms with Crippen LogP contribution >= 0.6 is 0 Å². The number of aliphatic carboxylic acids is 1. The first-order valence-electron chi connectivity index (χ1n) is 14.4. The Hall–Kier alpha value is -5.40. The van der Waals surface area contributed by atoms with Gasteiger partial charge in [0.05, 0.1) is 18.5 Å². The molecule has 2 aromatic heterocycles. The van der Waals surface area contributed by atoms with Crippen LogP contribution < -0.4 is 5.32 Å². The molecule has 5 aromatic rings. The number of hydrogen-bond donors (Lipinski definition) is 3. The van der Waals surface area contributed by atoms with Crippen molar-refractivity contribution in [1.82, 2.24) is 35.7 Å². The van der Waals surface area contributed by atoms with Crippen LogP contribution in [-0.4, -0.2) is 53.4 Å². The van der Waals surface area contributed by atoms with Crippen molar-refractivity contribution in [2.45, 2.75) is 51.4 Å². The number of halogens is 4. The van der Waals surface area contributed by atoms with E-state index < -0.39 is 41.9 Å². The summed E-state index contributed by atoms with van der Waals surface area (Å²) in [5.41, 5.74) is 1.79. The number of carboxylic acids is 1. The molecule has 1 amide bonds. The Bertz CT molecular complexity index is 1840. The minimum Gasteiger partial charge on any atom is -0.481 e. The zero-order valence-electron chi connectivity index (χ0n) is 24.6. The third-order valence-corrected chi connectivity index (χ3v) is 7.34. The van der Waals surface area contributed by atoms with Crippen molar-refractivity contribution in [3.8, 4) is 22.5 Å². The van der Waals surface area contributed by atoms with Crippen LogP contribution in [0.4, 0.5) is 17.6 Å². The quantitative estimate of drug-likeness (QED) is 0.149. The van der Waals surface area contributed by atoms with Crippen LogP contribution in [0.15, 0.2) is 72.8 Å². The Morgan fingerprint density at radius 2 is 1.74 bits per heavy atom. The second kappa shape index (κ2) is 13.7. The highest BCUT2D eigenvalue weighted by Gasteiger charge is 2.34. The van der Waals surface area contributed by atoms with Gasteiger partial charge in [-0.2, -0.15) is 23.5 Å². The lowest BCUT2D eigenvalue weighted by Crippen LogP contribution is -2.38. The van der Waals surface area contributed by atoms with E-state index in [-0.39, 0.29) is 24.2 Å². The third-order valence-electron chi connectivity index (χ3n) is 7.34. The molecule has 0 saturated heterocycles. The van der Waals surface area contributed by atoms with Gasteiger partial charge in [0.15, 0.2) is 0 Å². The van der Waals surface area contributed by atoms with Crippen LogP contribution in [0.2, 0.25) is 0 Å². The van der Waals surface area contributed by atoms with E-state index in [0.29, 0.717) is 46.6 Å². The van der Waals surface area contributed by atoms with E-state index in [1.807, 2.05) is 25.1 Å². The average Bonchev–Trinajstić information content (AvgIpc) is 3.69. The number of carbonyl (C=O) groups excluding carboxylic acids is 1. The third kappa shape index (κ3) is 7.45.